The Balaban J connectivity index is 1.40. The number of carbonyl (C=O) groups is 2. The topological polar surface area (TPSA) is 122 Å². The van der Waals surface area contributed by atoms with Crippen LogP contribution in [0.1, 0.15) is 15.9 Å². The molecule has 8 nitrogen and oxygen atoms in total. The molecule has 2 heterocycles. The smallest absolute Gasteiger partial charge is 0.319 e. The lowest BCUT2D eigenvalue weighted by atomic mass is 10.1. The van der Waals surface area contributed by atoms with Crippen LogP contribution in [0.4, 0.5) is 26.4 Å². The van der Waals surface area contributed by atoms with E-state index in [1.807, 2.05) is 6.07 Å². The molecule has 10 heteroatoms. The second-order valence-corrected chi connectivity index (χ2v) is 7.42. The minimum atomic E-state index is -0.472. The van der Waals surface area contributed by atoms with Crippen molar-refractivity contribution in [3.63, 3.8) is 0 Å². The molecule has 0 fully saturated rings. The van der Waals surface area contributed by atoms with Crippen molar-refractivity contribution in [2.75, 3.05) is 16.4 Å². The number of nitrogens with two attached hydrogens (primary N) is 1. The minimum Gasteiger partial charge on any atom is -0.383 e. The maximum absolute atomic E-state index is 13.2. The van der Waals surface area contributed by atoms with Gasteiger partial charge >= 0.3 is 6.03 Å². The van der Waals surface area contributed by atoms with E-state index >= 15 is 0 Å². The first-order valence-electron chi connectivity index (χ1n) is 9.18. The average Bonchev–Trinajstić information content (AvgIpc) is 3.18. The Hall–Kier alpha value is -4.05. The van der Waals surface area contributed by atoms with Gasteiger partial charge in [-0.05, 0) is 35.9 Å². The fourth-order valence-electron chi connectivity index (χ4n) is 2.95. The van der Waals surface area contributed by atoms with E-state index in [4.69, 9.17) is 5.73 Å². The molecule has 0 radical (unpaired) electrons. The Morgan fingerprint density at radius 3 is 2.61 bits per heavy atom. The van der Waals surface area contributed by atoms with E-state index in [1.165, 1.54) is 35.9 Å². The number of thiophene rings is 1. The van der Waals surface area contributed by atoms with E-state index in [9.17, 15) is 14.0 Å². The van der Waals surface area contributed by atoms with Crippen molar-refractivity contribution in [3.8, 4) is 0 Å². The van der Waals surface area contributed by atoms with Gasteiger partial charge in [-0.15, -0.1) is 11.3 Å². The van der Waals surface area contributed by atoms with Crippen LogP contribution in [0.15, 0.2) is 60.2 Å². The maximum atomic E-state index is 13.2. The molecule has 0 aliphatic heterocycles. The summed E-state index contributed by atoms with van der Waals surface area (Å²) in [5.41, 5.74) is 7.98. The summed E-state index contributed by atoms with van der Waals surface area (Å²) in [4.78, 5) is 33.5. The van der Waals surface area contributed by atoms with Gasteiger partial charge in [0.15, 0.2) is 0 Å². The highest BCUT2D eigenvalue weighted by atomic mass is 32.1. The lowest BCUT2D eigenvalue weighted by Gasteiger charge is -2.10. The molecular formula is C21H17FN6O2S. The number of hydrogen-bond acceptors (Lipinski definition) is 6. The third-order valence-corrected chi connectivity index (χ3v) is 5.25. The van der Waals surface area contributed by atoms with Gasteiger partial charge in [0.1, 0.15) is 22.8 Å². The van der Waals surface area contributed by atoms with E-state index in [-0.39, 0.29) is 18.3 Å². The third kappa shape index (κ3) is 4.75. The number of anilines is 3. The predicted octanol–water partition coefficient (Wildman–Crippen LogP) is 3.99. The molecular weight excluding hydrogens is 419 g/mol. The molecule has 0 spiro atoms. The lowest BCUT2D eigenvalue weighted by Crippen LogP contribution is -2.28. The number of nitrogens with zero attached hydrogens (tertiary/aromatic N) is 2. The van der Waals surface area contributed by atoms with Gasteiger partial charge in [-0.1, -0.05) is 18.2 Å². The van der Waals surface area contributed by atoms with Crippen LogP contribution >= 0.6 is 11.3 Å². The number of halogens is 1. The number of aromatic nitrogens is 2. The first-order valence-corrected chi connectivity index (χ1v) is 10.1. The van der Waals surface area contributed by atoms with Gasteiger partial charge in [-0.25, -0.2) is 19.2 Å². The standard InChI is InChI=1S/C21H17FN6O2S/c22-13-4-2-6-15(8-13)28-21(30)24-9-12-3-1-5-14(7-12)27-19(29)16-10-31-20-17(16)18(23)25-11-26-20/h1-8,10-11H,9H2,(H,27,29)(H2,23,25,26)(H2,24,28,30). The number of carbonyl (C=O) groups excluding carboxylic acids is 2. The summed E-state index contributed by atoms with van der Waals surface area (Å²) in [5, 5.41) is 10.3. The zero-order valence-electron chi connectivity index (χ0n) is 16.1. The molecule has 2 aromatic heterocycles. The van der Waals surface area contributed by atoms with Crippen molar-refractivity contribution in [3.05, 3.63) is 77.2 Å². The normalized spacial score (nSPS) is 10.6. The highest BCUT2D eigenvalue weighted by Crippen LogP contribution is 2.28. The SMILES string of the molecule is Nc1ncnc2scc(C(=O)Nc3cccc(CNC(=O)Nc4cccc(F)c4)c3)c12. The third-order valence-electron chi connectivity index (χ3n) is 4.36. The van der Waals surface area contributed by atoms with Gasteiger partial charge in [0.25, 0.3) is 5.91 Å². The second kappa shape index (κ2) is 8.76. The summed E-state index contributed by atoms with van der Waals surface area (Å²) in [5.74, 6) is -0.520. The summed E-state index contributed by atoms with van der Waals surface area (Å²) in [6, 6.07) is 12.2. The fourth-order valence-corrected chi connectivity index (χ4v) is 3.84. The Morgan fingerprint density at radius 1 is 1.03 bits per heavy atom. The van der Waals surface area contributed by atoms with Gasteiger partial charge in [-0.3, -0.25) is 4.79 Å². The Labute approximate surface area is 180 Å². The van der Waals surface area contributed by atoms with E-state index < -0.39 is 11.8 Å². The zero-order chi connectivity index (χ0) is 21.8. The van der Waals surface area contributed by atoms with Crippen LogP contribution in [-0.2, 0) is 6.54 Å². The molecule has 3 amide bonds. The number of hydrogen-bond donors (Lipinski definition) is 4. The summed E-state index contributed by atoms with van der Waals surface area (Å²) in [7, 11) is 0. The number of rotatable bonds is 5. The largest absolute Gasteiger partial charge is 0.383 e. The van der Waals surface area contributed by atoms with E-state index in [1.54, 1.807) is 29.6 Å². The van der Waals surface area contributed by atoms with Crippen LogP contribution in [-0.4, -0.2) is 21.9 Å². The number of benzene rings is 2. The number of fused-ring (bicyclic) bond motifs is 1. The van der Waals surface area contributed by atoms with E-state index in [2.05, 4.69) is 25.9 Å². The average molecular weight is 436 g/mol. The van der Waals surface area contributed by atoms with Gasteiger partial charge in [0, 0.05) is 23.3 Å². The molecule has 4 aromatic rings. The molecule has 0 aliphatic carbocycles. The van der Waals surface area contributed by atoms with Crippen molar-refractivity contribution in [2.24, 2.45) is 0 Å². The fraction of sp³-hybridized carbons (Fsp3) is 0.0476. The molecule has 0 saturated heterocycles. The van der Waals surface area contributed by atoms with Crippen molar-refractivity contribution in [1.82, 2.24) is 15.3 Å². The minimum absolute atomic E-state index is 0.215. The van der Waals surface area contributed by atoms with Crippen molar-refractivity contribution < 1.29 is 14.0 Å². The Bertz CT molecular complexity index is 1280. The predicted molar refractivity (Wildman–Crippen MR) is 118 cm³/mol. The monoisotopic (exact) mass is 436 g/mol. The zero-order valence-corrected chi connectivity index (χ0v) is 16.9. The molecule has 0 bridgehead atoms. The molecule has 0 unspecified atom stereocenters. The van der Waals surface area contributed by atoms with Crippen molar-refractivity contribution in [2.45, 2.75) is 6.54 Å². The van der Waals surface area contributed by atoms with Crippen LogP contribution in [0.2, 0.25) is 0 Å². The molecule has 31 heavy (non-hydrogen) atoms. The molecule has 0 atom stereocenters. The van der Waals surface area contributed by atoms with Crippen LogP contribution in [0, 0.1) is 5.82 Å². The first kappa shape index (κ1) is 20.2. The molecule has 0 saturated carbocycles. The summed E-state index contributed by atoms with van der Waals surface area (Å²) < 4.78 is 13.2. The highest BCUT2D eigenvalue weighted by Gasteiger charge is 2.16. The van der Waals surface area contributed by atoms with Crippen molar-refractivity contribution in [1.29, 1.82) is 0 Å². The van der Waals surface area contributed by atoms with Gasteiger partial charge < -0.3 is 21.7 Å². The number of nitrogen functional groups attached to an aromatic ring is 1. The van der Waals surface area contributed by atoms with Crippen molar-refractivity contribution >= 4 is 50.7 Å². The van der Waals surface area contributed by atoms with Crippen LogP contribution in [0.3, 0.4) is 0 Å². The summed E-state index contributed by atoms with van der Waals surface area (Å²) in [6.45, 7) is 0.215. The van der Waals surface area contributed by atoms with Gasteiger partial charge in [-0.2, -0.15) is 0 Å². The van der Waals surface area contributed by atoms with Crippen LogP contribution < -0.4 is 21.7 Å². The highest BCUT2D eigenvalue weighted by molar-refractivity contribution is 7.17. The quantitative estimate of drug-likeness (QED) is 0.377. The number of nitrogens with one attached hydrogen (secondary N) is 3. The lowest BCUT2D eigenvalue weighted by molar-refractivity contribution is 0.102. The second-order valence-electron chi connectivity index (χ2n) is 6.56. The van der Waals surface area contributed by atoms with E-state index in [0.717, 1.165) is 5.56 Å². The molecule has 4 rings (SSSR count). The summed E-state index contributed by atoms with van der Waals surface area (Å²) >= 11 is 1.31. The maximum Gasteiger partial charge on any atom is 0.319 e. The molecule has 0 aliphatic rings. The molecule has 2 aromatic carbocycles. The molecule has 5 N–H and O–H groups in total. The Morgan fingerprint density at radius 2 is 1.81 bits per heavy atom. The van der Waals surface area contributed by atoms with Crippen LogP contribution in [0.25, 0.3) is 10.2 Å². The number of urea groups is 1. The van der Waals surface area contributed by atoms with Gasteiger partial charge in [0.05, 0.1) is 10.9 Å². The molecule has 156 valence electrons. The van der Waals surface area contributed by atoms with E-state index in [0.29, 0.717) is 27.2 Å². The first-order chi connectivity index (χ1) is 15.0. The summed E-state index contributed by atoms with van der Waals surface area (Å²) in [6.07, 6.45) is 1.36. The number of amides is 3. The Kier molecular flexibility index (Phi) is 5.72. The van der Waals surface area contributed by atoms with Crippen LogP contribution in [0.5, 0.6) is 0 Å². The van der Waals surface area contributed by atoms with Gasteiger partial charge in [0.2, 0.25) is 0 Å².